The smallest absolute Gasteiger partial charge is 0.0817 e. The highest BCUT2D eigenvalue weighted by molar-refractivity contribution is 9.11. The van der Waals surface area contributed by atoms with Gasteiger partial charge in [0.2, 0.25) is 0 Å². The quantitative estimate of drug-likeness (QED) is 0.627. The molecule has 0 aliphatic rings. The van der Waals surface area contributed by atoms with Gasteiger partial charge in [-0.25, -0.2) is 0 Å². The van der Waals surface area contributed by atoms with E-state index in [-0.39, 0.29) is 11.6 Å². The number of nitrogens with two attached hydrogens (primary N) is 1. The number of rotatable bonds is 6. The summed E-state index contributed by atoms with van der Waals surface area (Å²) in [6.45, 7) is 4.19. The second-order valence-corrected chi connectivity index (χ2v) is 6.55. The van der Waals surface area contributed by atoms with E-state index in [9.17, 15) is 0 Å². The first-order valence-corrected chi connectivity index (χ1v) is 6.92. The zero-order valence-electron chi connectivity index (χ0n) is 9.92. The van der Waals surface area contributed by atoms with Gasteiger partial charge in [-0.2, -0.15) is 0 Å². The Bertz CT molecular complexity index is 326. The summed E-state index contributed by atoms with van der Waals surface area (Å²) in [6, 6.07) is 4.29. The molecule has 0 aromatic carbocycles. The van der Waals surface area contributed by atoms with Crippen molar-refractivity contribution < 1.29 is 4.74 Å². The van der Waals surface area contributed by atoms with E-state index in [1.54, 1.807) is 18.4 Å². The molecule has 3 nitrogen and oxygen atoms in total. The third kappa shape index (κ3) is 3.28. The minimum atomic E-state index is -0.231. The predicted molar refractivity (Wildman–Crippen MR) is 72.5 cm³/mol. The Morgan fingerprint density at radius 2 is 2.31 bits per heavy atom. The van der Waals surface area contributed by atoms with Gasteiger partial charge in [-0.15, -0.1) is 11.3 Å². The molecule has 0 bridgehead atoms. The van der Waals surface area contributed by atoms with Crippen molar-refractivity contribution in [2.75, 3.05) is 7.11 Å². The van der Waals surface area contributed by atoms with Crippen LogP contribution in [0.3, 0.4) is 0 Å². The van der Waals surface area contributed by atoms with Gasteiger partial charge >= 0.3 is 0 Å². The molecule has 0 saturated carbocycles. The largest absolute Gasteiger partial charge is 0.377 e. The molecule has 2 unspecified atom stereocenters. The van der Waals surface area contributed by atoms with Crippen LogP contribution in [0.15, 0.2) is 15.9 Å². The zero-order chi connectivity index (χ0) is 12.2. The highest BCUT2D eigenvalue weighted by Crippen LogP contribution is 2.27. The molecule has 2 atom stereocenters. The van der Waals surface area contributed by atoms with E-state index in [4.69, 9.17) is 10.6 Å². The van der Waals surface area contributed by atoms with Crippen LogP contribution in [-0.4, -0.2) is 18.8 Å². The van der Waals surface area contributed by atoms with Gasteiger partial charge in [-0.3, -0.25) is 11.3 Å². The summed E-state index contributed by atoms with van der Waals surface area (Å²) >= 11 is 5.20. The Morgan fingerprint density at radius 1 is 1.62 bits per heavy atom. The third-order valence-corrected chi connectivity index (χ3v) is 4.79. The van der Waals surface area contributed by atoms with Gasteiger partial charge in [0.1, 0.15) is 0 Å². The topological polar surface area (TPSA) is 47.3 Å². The molecule has 0 saturated heterocycles. The highest BCUT2D eigenvalue weighted by atomic mass is 79.9. The fourth-order valence-corrected chi connectivity index (χ4v) is 3.18. The molecule has 0 amide bonds. The second kappa shape index (κ2) is 6.12. The van der Waals surface area contributed by atoms with Crippen LogP contribution >= 0.6 is 27.3 Å². The van der Waals surface area contributed by atoms with Crippen LogP contribution in [-0.2, 0) is 11.2 Å². The van der Waals surface area contributed by atoms with Crippen LogP contribution in [0.25, 0.3) is 0 Å². The zero-order valence-corrected chi connectivity index (χ0v) is 12.3. The molecular weight excluding hydrogens is 288 g/mol. The van der Waals surface area contributed by atoms with Crippen molar-refractivity contribution in [3.05, 3.63) is 20.8 Å². The van der Waals surface area contributed by atoms with Crippen molar-refractivity contribution in [3.8, 4) is 0 Å². The lowest BCUT2D eigenvalue weighted by molar-refractivity contribution is -0.0286. The van der Waals surface area contributed by atoms with E-state index in [0.29, 0.717) is 0 Å². The number of halogens is 1. The van der Waals surface area contributed by atoms with Gasteiger partial charge in [0.15, 0.2) is 0 Å². The van der Waals surface area contributed by atoms with E-state index in [1.165, 1.54) is 4.88 Å². The summed E-state index contributed by atoms with van der Waals surface area (Å²) < 4.78 is 6.72. The van der Waals surface area contributed by atoms with E-state index in [1.807, 2.05) is 0 Å². The Hall–Kier alpha value is 0.0600. The molecule has 1 aromatic rings. The third-order valence-electron chi connectivity index (χ3n) is 3.14. The van der Waals surface area contributed by atoms with E-state index in [0.717, 1.165) is 16.6 Å². The van der Waals surface area contributed by atoms with Gasteiger partial charge in [0, 0.05) is 18.4 Å². The van der Waals surface area contributed by atoms with Crippen LogP contribution in [0.4, 0.5) is 0 Å². The van der Waals surface area contributed by atoms with Crippen LogP contribution in [0.5, 0.6) is 0 Å². The maximum atomic E-state index is 5.63. The maximum Gasteiger partial charge on any atom is 0.0817 e. The molecule has 0 fully saturated rings. The molecule has 1 aromatic heterocycles. The molecule has 1 rings (SSSR count). The van der Waals surface area contributed by atoms with Crippen LogP contribution in [0, 0.1) is 0 Å². The Balaban J connectivity index is 2.75. The summed E-state index contributed by atoms with van der Waals surface area (Å²) in [5, 5.41) is 0. The van der Waals surface area contributed by atoms with Crippen molar-refractivity contribution >= 4 is 27.3 Å². The van der Waals surface area contributed by atoms with E-state index < -0.39 is 0 Å². The average Bonchev–Trinajstić information content (AvgIpc) is 2.70. The van der Waals surface area contributed by atoms with Gasteiger partial charge in [-0.05, 0) is 41.4 Å². The molecule has 3 N–H and O–H groups in total. The summed E-state index contributed by atoms with van der Waals surface area (Å²) in [4.78, 5) is 1.30. The lowest BCUT2D eigenvalue weighted by Crippen LogP contribution is -2.53. The van der Waals surface area contributed by atoms with Gasteiger partial charge in [-0.1, -0.05) is 6.92 Å². The standard InChI is InChI=1S/C11H19BrN2OS/c1-4-11(2,15-3)9(14-13)7-8-5-6-10(12)16-8/h5-6,9,14H,4,7,13H2,1-3H3. The van der Waals surface area contributed by atoms with Crippen molar-refractivity contribution in [3.63, 3.8) is 0 Å². The fourth-order valence-electron chi connectivity index (χ4n) is 1.65. The lowest BCUT2D eigenvalue weighted by atomic mass is 9.91. The minimum Gasteiger partial charge on any atom is -0.377 e. The molecule has 0 radical (unpaired) electrons. The monoisotopic (exact) mass is 306 g/mol. The molecule has 0 spiro atoms. The van der Waals surface area contributed by atoms with Crippen LogP contribution in [0.1, 0.15) is 25.1 Å². The van der Waals surface area contributed by atoms with Crippen molar-refractivity contribution in [2.45, 2.75) is 38.3 Å². The van der Waals surface area contributed by atoms with Crippen LogP contribution in [0.2, 0.25) is 0 Å². The Morgan fingerprint density at radius 3 is 2.69 bits per heavy atom. The summed E-state index contributed by atoms with van der Waals surface area (Å²) in [5.41, 5.74) is 2.64. The summed E-state index contributed by atoms with van der Waals surface area (Å²) in [5.74, 6) is 5.63. The summed E-state index contributed by atoms with van der Waals surface area (Å²) in [7, 11) is 1.73. The first kappa shape index (κ1) is 14.1. The average molecular weight is 307 g/mol. The van der Waals surface area contributed by atoms with Gasteiger partial charge < -0.3 is 4.74 Å². The van der Waals surface area contributed by atoms with E-state index in [2.05, 4.69) is 47.3 Å². The number of thiophene rings is 1. The van der Waals surface area contributed by atoms with E-state index >= 15 is 0 Å². The Labute approximate surface area is 109 Å². The van der Waals surface area contributed by atoms with Crippen molar-refractivity contribution in [2.24, 2.45) is 5.84 Å². The minimum absolute atomic E-state index is 0.119. The number of hydrogen-bond acceptors (Lipinski definition) is 4. The maximum absolute atomic E-state index is 5.63. The molecule has 1 heterocycles. The molecule has 0 aliphatic heterocycles. The number of hydrazine groups is 1. The number of hydrogen-bond donors (Lipinski definition) is 2. The van der Waals surface area contributed by atoms with Crippen molar-refractivity contribution in [1.29, 1.82) is 0 Å². The molecular formula is C11H19BrN2OS. The number of ether oxygens (including phenoxy) is 1. The SMILES string of the molecule is CCC(C)(OC)C(Cc1ccc(Br)s1)NN. The molecule has 92 valence electrons. The molecule has 16 heavy (non-hydrogen) atoms. The first-order chi connectivity index (χ1) is 7.55. The highest BCUT2D eigenvalue weighted by Gasteiger charge is 2.32. The fraction of sp³-hybridized carbons (Fsp3) is 0.636. The molecule has 0 aliphatic carbocycles. The predicted octanol–water partition coefficient (Wildman–Crippen LogP) is 2.70. The number of methoxy groups -OCH3 is 1. The van der Waals surface area contributed by atoms with Gasteiger partial charge in [0.05, 0.1) is 15.4 Å². The lowest BCUT2D eigenvalue weighted by Gasteiger charge is -2.35. The second-order valence-electron chi connectivity index (χ2n) is 4.00. The van der Waals surface area contributed by atoms with Crippen molar-refractivity contribution in [1.82, 2.24) is 5.43 Å². The van der Waals surface area contributed by atoms with Crippen LogP contribution < -0.4 is 11.3 Å². The first-order valence-electron chi connectivity index (χ1n) is 5.31. The summed E-state index contributed by atoms with van der Waals surface area (Å²) in [6.07, 6.45) is 1.80. The molecule has 5 heteroatoms. The normalized spacial score (nSPS) is 17.1. The van der Waals surface area contributed by atoms with Gasteiger partial charge in [0.25, 0.3) is 0 Å². The Kier molecular flexibility index (Phi) is 5.40. The number of nitrogens with one attached hydrogen (secondary N) is 1.